The van der Waals surface area contributed by atoms with Crippen LogP contribution in [0.3, 0.4) is 0 Å². The quantitative estimate of drug-likeness (QED) is 0.0728. The molecular formula is C29H58F9NO8Si3. The van der Waals surface area contributed by atoms with Gasteiger partial charge >= 0.3 is 49.8 Å². The molecule has 0 aromatic carbocycles. The minimum atomic E-state index is -5.76. The fourth-order valence-corrected chi connectivity index (χ4v) is 9.12. The summed E-state index contributed by atoms with van der Waals surface area (Å²) in [5.41, 5.74) is -0.0178. The van der Waals surface area contributed by atoms with Gasteiger partial charge in [-0.2, -0.15) is 26.3 Å². The fraction of sp³-hybridized carbons (Fsp3) is 0.966. The van der Waals surface area contributed by atoms with Crippen molar-refractivity contribution in [1.82, 2.24) is 5.32 Å². The van der Waals surface area contributed by atoms with Crippen LogP contribution in [-0.2, 0) is 36.1 Å². The first-order valence-corrected chi connectivity index (χ1v) is 23.6. The van der Waals surface area contributed by atoms with Gasteiger partial charge in [-0.1, -0.05) is 19.3 Å². The molecule has 0 radical (unpaired) electrons. The summed E-state index contributed by atoms with van der Waals surface area (Å²) in [6.07, 6.45) is -1.48. The Labute approximate surface area is 294 Å². The Morgan fingerprint density at radius 2 is 0.920 bits per heavy atom. The summed E-state index contributed by atoms with van der Waals surface area (Å²) in [6, 6.07) is 2.77. The van der Waals surface area contributed by atoms with Gasteiger partial charge in [0.05, 0.1) is 6.61 Å². The Bertz CT molecular complexity index is 892. The number of alkyl halides is 9. The predicted molar refractivity (Wildman–Crippen MR) is 177 cm³/mol. The van der Waals surface area contributed by atoms with E-state index in [4.69, 9.17) is 26.6 Å². The molecule has 9 nitrogen and oxygen atoms in total. The molecule has 50 heavy (non-hydrogen) atoms. The second kappa shape index (κ2) is 21.8. The number of carbonyl (C=O) groups is 1. The zero-order valence-corrected chi connectivity index (χ0v) is 34.2. The van der Waals surface area contributed by atoms with Gasteiger partial charge in [-0.15, -0.1) is 13.2 Å². The summed E-state index contributed by atoms with van der Waals surface area (Å²) >= 11 is 0. The van der Waals surface area contributed by atoms with Crippen molar-refractivity contribution in [2.24, 2.45) is 5.41 Å². The average molecular weight is 804 g/mol. The van der Waals surface area contributed by atoms with E-state index >= 15 is 0 Å². The lowest BCUT2D eigenvalue weighted by Gasteiger charge is -2.37. The van der Waals surface area contributed by atoms with E-state index in [2.05, 4.69) is 29.7 Å². The SMILES string of the molecule is CC(F)(F)C(F)(F)C(F)(F)CCOC(F)(F)F.CO[Si](C)(CCCC(CCC[Si](C)(OC)OC)(CCC[Si](C)(OC)OC)CNC(C)=O)OC. The number of hydrogen-bond acceptors (Lipinski definition) is 8. The van der Waals surface area contributed by atoms with E-state index in [0.717, 1.165) is 56.7 Å². The Kier molecular flexibility index (Phi) is 22.4. The van der Waals surface area contributed by atoms with Crippen LogP contribution in [0.4, 0.5) is 39.5 Å². The molecule has 0 unspecified atom stereocenters. The molecule has 1 amide bonds. The van der Waals surface area contributed by atoms with Crippen molar-refractivity contribution < 1.29 is 75.6 Å². The fourth-order valence-electron chi connectivity index (χ4n) is 4.94. The second-order valence-electron chi connectivity index (χ2n) is 12.8. The van der Waals surface area contributed by atoms with Crippen molar-refractivity contribution in [3.63, 3.8) is 0 Å². The molecule has 0 saturated heterocycles. The molecule has 0 saturated carbocycles. The van der Waals surface area contributed by atoms with Crippen LogP contribution < -0.4 is 5.32 Å². The van der Waals surface area contributed by atoms with Crippen LogP contribution in [0.5, 0.6) is 0 Å². The predicted octanol–water partition coefficient (Wildman–Crippen LogP) is 8.38. The standard InChI is InChI=1S/C22H51NO7Si3.C7H7F9O/c1-21(24)23-20-22(14-11-17-31(8,25-2)26-3,15-12-18-32(9,27-4)28-5)16-13-19-33(10,29-6)30-7;1-4(8,9)6(12,13)5(10,11)2-3-17-7(14,15)16/h11-20H2,1-10H3,(H,23,24);2-3H2,1H3. The molecule has 1 N–H and O–H groups in total. The third-order valence-electron chi connectivity index (χ3n) is 9.01. The third-order valence-corrected chi connectivity index (χ3v) is 18.0. The normalized spacial score (nSPS) is 14.0. The molecule has 0 aromatic rings. The second-order valence-corrected chi connectivity index (χ2v) is 23.6. The van der Waals surface area contributed by atoms with Gasteiger partial charge < -0.3 is 31.9 Å². The molecule has 0 spiro atoms. The Hall–Kier alpha value is -0.789. The van der Waals surface area contributed by atoms with Gasteiger partial charge in [-0.05, 0) is 62.5 Å². The first-order chi connectivity index (χ1) is 22.6. The van der Waals surface area contributed by atoms with Gasteiger partial charge in [0.25, 0.3) is 0 Å². The van der Waals surface area contributed by atoms with Gasteiger partial charge in [0.1, 0.15) is 0 Å². The molecule has 0 atom stereocenters. The molecule has 0 aliphatic carbocycles. The zero-order chi connectivity index (χ0) is 39.7. The number of amides is 1. The van der Waals surface area contributed by atoms with Gasteiger partial charge in [-0.3, -0.25) is 9.53 Å². The molecule has 0 aliphatic heterocycles. The molecular weight excluding hydrogens is 746 g/mol. The number of ether oxygens (including phenoxy) is 1. The maximum absolute atomic E-state index is 12.6. The van der Waals surface area contributed by atoms with Crippen molar-refractivity contribution in [2.75, 3.05) is 55.8 Å². The van der Waals surface area contributed by atoms with Crippen molar-refractivity contribution in [3.8, 4) is 0 Å². The van der Waals surface area contributed by atoms with E-state index in [-0.39, 0.29) is 11.3 Å². The maximum Gasteiger partial charge on any atom is 0.522 e. The van der Waals surface area contributed by atoms with Crippen LogP contribution in [0.25, 0.3) is 0 Å². The summed E-state index contributed by atoms with van der Waals surface area (Å²) in [5, 5.41) is 3.12. The first-order valence-electron chi connectivity index (χ1n) is 16.0. The average Bonchev–Trinajstić information content (AvgIpc) is 3.02. The van der Waals surface area contributed by atoms with Crippen LogP contribution in [0.15, 0.2) is 0 Å². The smallest absolute Gasteiger partial charge is 0.398 e. The first kappa shape index (κ1) is 51.3. The molecule has 302 valence electrons. The van der Waals surface area contributed by atoms with E-state index in [0.29, 0.717) is 6.54 Å². The third kappa shape index (κ3) is 18.8. The zero-order valence-electron chi connectivity index (χ0n) is 31.2. The highest BCUT2D eigenvalue weighted by Gasteiger charge is 2.68. The molecule has 0 fully saturated rings. The Morgan fingerprint density at radius 3 is 1.16 bits per heavy atom. The van der Waals surface area contributed by atoms with Gasteiger partial charge in [-0.25, -0.2) is 0 Å². The lowest BCUT2D eigenvalue weighted by atomic mass is 9.75. The highest BCUT2D eigenvalue weighted by Crippen LogP contribution is 2.47. The molecule has 0 aliphatic rings. The largest absolute Gasteiger partial charge is 0.522 e. The summed E-state index contributed by atoms with van der Waals surface area (Å²) in [5.74, 6) is -16.1. The van der Waals surface area contributed by atoms with Gasteiger partial charge in [0.2, 0.25) is 5.91 Å². The van der Waals surface area contributed by atoms with E-state index in [1.165, 1.54) is 0 Å². The van der Waals surface area contributed by atoms with Crippen LogP contribution >= 0.6 is 0 Å². The molecule has 0 aromatic heterocycles. The molecule has 21 heteroatoms. The highest BCUT2D eigenvalue weighted by molar-refractivity contribution is 6.66. The summed E-state index contributed by atoms with van der Waals surface area (Å²) in [7, 11) is 4.01. The maximum atomic E-state index is 12.6. The number of rotatable bonds is 25. The van der Waals surface area contributed by atoms with E-state index < -0.39 is 69.8 Å². The van der Waals surface area contributed by atoms with Crippen LogP contribution in [0.2, 0.25) is 37.8 Å². The highest BCUT2D eigenvalue weighted by atomic mass is 28.4. The minimum Gasteiger partial charge on any atom is -0.398 e. The molecule has 0 bridgehead atoms. The van der Waals surface area contributed by atoms with Crippen molar-refractivity contribution in [1.29, 1.82) is 0 Å². The molecule has 0 rings (SSSR count). The van der Waals surface area contributed by atoms with Gasteiger partial charge in [0, 0.05) is 69.5 Å². The van der Waals surface area contributed by atoms with E-state index in [9.17, 15) is 44.3 Å². The lowest BCUT2D eigenvalue weighted by Crippen LogP contribution is -2.53. The Morgan fingerprint density at radius 1 is 0.600 bits per heavy atom. The van der Waals surface area contributed by atoms with Crippen molar-refractivity contribution in [2.45, 2.75) is 121 Å². The minimum absolute atomic E-state index is 0.00774. The summed E-state index contributed by atoms with van der Waals surface area (Å²) in [4.78, 5) is 11.9. The number of halogens is 9. The van der Waals surface area contributed by atoms with Crippen molar-refractivity contribution in [3.05, 3.63) is 0 Å². The van der Waals surface area contributed by atoms with E-state index in [1.54, 1.807) is 49.6 Å². The molecule has 0 heterocycles. The topological polar surface area (TPSA) is 93.7 Å². The summed E-state index contributed by atoms with van der Waals surface area (Å²) in [6.45, 7) is 6.26. The van der Waals surface area contributed by atoms with Gasteiger partial charge in [0.15, 0.2) is 0 Å². The summed E-state index contributed by atoms with van der Waals surface area (Å²) < 4.78 is 146. The Balaban J connectivity index is 0. The number of nitrogens with one attached hydrogen (secondary N) is 1. The van der Waals surface area contributed by atoms with Crippen LogP contribution in [0, 0.1) is 5.41 Å². The van der Waals surface area contributed by atoms with E-state index in [1.807, 2.05) is 0 Å². The number of hydrogen-bond donors (Lipinski definition) is 1. The number of carbonyl (C=O) groups excluding carboxylic acids is 1. The van der Waals surface area contributed by atoms with Crippen LogP contribution in [-0.4, -0.2) is 112 Å². The van der Waals surface area contributed by atoms with Crippen molar-refractivity contribution >= 4 is 31.6 Å². The van der Waals surface area contributed by atoms with Crippen LogP contribution in [0.1, 0.15) is 58.8 Å². The monoisotopic (exact) mass is 803 g/mol. The lowest BCUT2D eigenvalue weighted by molar-refractivity contribution is -0.340.